The molecule has 0 bridgehead atoms. The van der Waals surface area contributed by atoms with E-state index in [-0.39, 0.29) is 31.9 Å². The summed E-state index contributed by atoms with van der Waals surface area (Å²) in [6.45, 7) is 0.0295. The Balaban J connectivity index is 1.53. The third-order valence-corrected chi connectivity index (χ3v) is 8.58. The van der Waals surface area contributed by atoms with Gasteiger partial charge >= 0.3 is 0 Å². The van der Waals surface area contributed by atoms with Crippen LogP contribution in [-0.2, 0) is 11.2 Å². The number of carbonyl (C=O) groups excluding carboxylic acids is 2. The number of ether oxygens (including phenoxy) is 3. The van der Waals surface area contributed by atoms with Gasteiger partial charge in [-0.05, 0) is 77.0 Å². The quantitative estimate of drug-likeness (QED) is 0.184. The molecule has 1 heterocycles. The Hall–Kier alpha value is -4.07. The molecular weight excluding hydrogens is 691 g/mol. The second-order valence-corrected chi connectivity index (χ2v) is 11.7. The van der Waals surface area contributed by atoms with Crippen LogP contribution in [0, 0.1) is 3.57 Å². The topological polar surface area (TPSA) is 131 Å². The number of aliphatic hydroxyl groups excluding tert-OH is 2. The summed E-state index contributed by atoms with van der Waals surface area (Å²) in [5.74, 6) is 0.917. The summed E-state index contributed by atoms with van der Waals surface area (Å²) in [6.07, 6.45) is -0.0558. The fraction of sp³-hybridized carbons (Fsp3) is 0.294. The number of fused-ring (bicyclic) bond motifs is 1. The summed E-state index contributed by atoms with van der Waals surface area (Å²) in [4.78, 5) is 29.1. The number of amides is 2. The normalized spacial score (nSPS) is 17.8. The van der Waals surface area contributed by atoms with Crippen LogP contribution in [0.1, 0.15) is 22.5 Å². The van der Waals surface area contributed by atoms with Crippen molar-refractivity contribution in [2.45, 2.75) is 31.1 Å². The minimum atomic E-state index is -1.19. The van der Waals surface area contributed by atoms with Gasteiger partial charge in [0.15, 0.2) is 17.1 Å². The van der Waals surface area contributed by atoms with Crippen LogP contribution in [0.15, 0.2) is 88.9 Å². The van der Waals surface area contributed by atoms with E-state index in [0.717, 1.165) is 9.13 Å². The van der Waals surface area contributed by atoms with E-state index in [2.05, 4.69) is 27.9 Å². The van der Waals surface area contributed by atoms with Crippen LogP contribution in [0.2, 0.25) is 0 Å². The number of halogens is 1. The Labute approximate surface area is 274 Å². The molecule has 11 heteroatoms. The highest BCUT2D eigenvalue weighted by molar-refractivity contribution is 14.1. The molecule has 0 aliphatic heterocycles. The van der Waals surface area contributed by atoms with Gasteiger partial charge in [0.05, 0.1) is 30.4 Å². The third-order valence-electron chi connectivity index (χ3n) is 7.69. The Kier molecular flexibility index (Phi) is 10.6. The predicted molar refractivity (Wildman–Crippen MR) is 177 cm³/mol. The highest BCUT2D eigenvalue weighted by atomic mass is 127. The lowest BCUT2D eigenvalue weighted by Crippen LogP contribution is -2.55. The lowest BCUT2D eigenvalue weighted by atomic mass is 9.87. The van der Waals surface area contributed by atoms with Gasteiger partial charge in [-0.15, -0.1) is 0 Å². The molecule has 0 fully saturated rings. The molecule has 3 unspecified atom stereocenters. The minimum Gasteiger partial charge on any atom is -0.497 e. The molecule has 0 saturated carbocycles. The molecular formula is C34H35IN2O8. The van der Waals surface area contributed by atoms with Crippen molar-refractivity contribution in [1.82, 2.24) is 10.2 Å². The number of furan rings is 1. The van der Waals surface area contributed by atoms with Crippen molar-refractivity contribution in [3.8, 4) is 17.2 Å². The third kappa shape index (κ3) is 7.43. The molecule has 3 N–H and O–H groups in total. The average Bonchev–Trinajstić information content (AvgIpc) is 3.51. The zero-order valence-corrected chi connectivity index (χ0v) is 27.1. The number of methoxy groups -OCH3 is 2. The van der Waals surface area contributed by atoms with Gasteiger partial charge in [0.1, 0.15) is 23.7 Å². The van der Waals surface area contributed by atoms with E-state index in [1.54, 1.807) is 36.3 Å². The number of nitrogens with one attached hydrogen (secondary N) is 1. The van der Waals surface area contributed by atoms with E-state index in [0.29, 0.717) is 40.2 Å². The molecule has 1 aliphatic rings. The van der Waals surface area contributed by atoms with Crippen LogP contribution in [0.4, 0.5) is 0 Å². The van der Waals surface area contributed by atoms with Crippen LogP contribution in [0.5, 0.6) is 17.2 Å². The van der Waals surface area contributed by atoms with Gasteiger partial charge in [0.25, 0.3) is 5.91 Å². The van der Waals surface area contributed by atoms with Crippen molar-refractivity contribution < 1.29 is 38.4 Å². The number of aliphatic hydroxyl groups is 2. The Morgan fingerprint density at radius 2 is 1.80 bits per heavy atom. The standard InChI is InChI=1S/C34H35IN2O8/c1-42-24-9-5-7-21(17-24)13-15-37(34(41)30-19-22-8-6-12-28(43-2)32(22)45-30)26-18-23(33(40)36-14-16-38)20-29(31(26)39)44-27-11-4-3-10-25(27)35/h3-12,17,19-20,26,29,31,38-39H,13-16,18H2,1-2H3,(H,36,40). The highest BCUT2D eigenvalue weighted by Gasteiger charge is 2.41. The molecule has 0 spiro atoms. The summed E-state index contributed by atoms with van der Waals surface area (Å²) in [5.41, 5.74) is 1.69. The van der Waals surface area contributed by atoms with Gasteiger partial charge in [-0.1, -0.05) is 36.4 Å². The molecule has 1 aromatic heterocycles. The first-order valence-corrected chi connectivity index (χ1v) is 15.6. The molecule has 236 valence electrons. The number of hydrogen-bond acceptors (Lipinski definition) is 8. The number of para-hydroxylation sites is 2. The largest absolute Gasteiger partial charge is 0.497 e. The summed E-state index contributed by atoms with van der Waals surface area (Å²) >= 11 is 2.14. The Morgan fingerprint density at radius 1 is 1.02 bits per heavy atom. The first-order chi connectivity index (χ1) is 21.8. The van der Waals surface area contributed by atoms with Gasteiger partial charge in [-0.2, -0.15) is 0 Å². The summed E-state index contributed by atoms with van der Waals surface area (Å²) < 4.78 is 24.0. The van der Waals surface area contributed by atoms with Crippen LogP contribution >= 0.6 is 22.6 Å². The summed E-state index contributed by atoms with van der Waals surface area (Å²) in [6, 6.07) is 21.1. The average molecular weight is 727 g/mol. The lowest BCUT2D eigenvalue weighted by molar-refractivity contribution is -0.118. The molecule has 0 saturated heterocycles. The number of carbonyl (C=O) groups is 2. The second-order valence-electron chi connectivity index (χ2n) is 10.5. The van der Waals surface area contributed by atoms with E-state index < -0.39 is 30.1 Å². The van der Waals surface area contributed by atoms with Crippen molar-refractivity contribution in [1.29, 1.82) is 0 Å². The molecule has 3 aromatic carbocycles. The Bertz CT molecular complexity index is 1690. The van der Waals surface area contributed by atoms with E-state index in [1.165, 1.54) is 7.11 Å². The SMILES string of the molecule is COc1cccc(CCN(C(=O)c2cc3cccc(OC)c3o2)C2CC(C(=O)NCCO)=CC(Oc3ccccc3I)C2O)c1. The van der Waals surface area contributed by atoms with Crippen LogP contribution in [0.25, 0.3) is 11.0 Å². The molecule has 3 atom stereocenters. The van der Waals surface area contributed by atoms with Crippen molar-refractivity contribution in [3.63, 3.8) is 0 Å². The van der Waals surface area contributed by atoms with Gasteiger partial charge < -0.3 is 39.1 Å². The number of hydrogen-bond donors (Lipinski definition) is 3. The summed E-state index contributed by atoms with van der Waals surface area (Å²) in [7, 11) is 3.12. The number of nitrogens with zero attached hydrogens (tertiary/aromatic N) is 1. The van der Waals surface area contributed by atoms with E-state index in [4.69, 9.17) is 18.6 Å². The van der Waals surface area contributed by atoms with E-state index >= 15 is 0 Å². The predicted octanol–water partition coefficient (Wildman–Crippen LogP) is 4.36. The van der Waals surface area contributed by atoms with Crippen molar-refractivity contribution in [2.24, 2.45) is 0 Å². The maximum atomic E-state index is 14.3. The fourth-order valence-electron chi connectivity index (χ4n) is 5.41. The fourth-order valence-corrected chi connectivity index (χ4v) is 5.92. The number of benzene rings is 3. The monoisotopic (exact) mass is 726 g/mol. The zero-order chi connectivity index (χ0) is 31.9. The molecule has 10 nitrogen and oxygen atoms in total. The molecule has 0 radical (unpaired) electrons. The number of rotatable bonds is 12. The zero-order valence-electron chi connectivity index (χ0n) is 24.9. The molecule has 2 amide bonds. The van der Waals surface area contributed by atoms with E-state index in [9.17, 15) is 19.8 Å². The second kappa shape index (κ2) is 14.8. The van der Waals surface area contributed by atoms with Gasteiger partial charge in [0.2, 0.25) is 5.91 Å². The smallest absolute Gasteiger partial charge is 0.289 e. The van der Waals surface area contributed by atoms with Crippen molar-refractivity contribution >= 4 is 45.4 Å². The van der Waals surface area contributed by atoms with Crippen molar-refractivity contribution in [3.05, 3.63) is 99.3 Å². The molecule has 5 rings (SSSR count). The van der Waals surface area contributed by atoms with Crippen LogP contribution < -0.4 is 19.5 Å². The first kappa shape index (κ1) is 32.3. The van der Waals surface area contributed by atoms with Gasteiger partial charge in [0, 0.05) is 30.5 Å². The maximum absolute atomic E-state index is 14.3. The van der Waals surface area contributed by atoms with Gasteiger partial charge in [-0.25, -0.2) is 0 Å². The van der Waals surface area contributed by atoms with Crippen LogP contribution in [0.3, 0.4) is 0 Å². The lowest BCUT2D eigenvalue weighted by Gasteiger charge is -2.40. The molecule has 1 aliphatic carbocycles. The van der Waals surface area contributed by atoms with Crippen LogP contribution in [-0.4, -0.2) is 79.1 Å². The Morgan fingerprint density at radius 3 is 2.56 bits per heavy atom. The van der Waals surface area contributed by atoms with Crippen molar-refractivity contribution in [2.75, 3.05) is 33.9 Å². The summed E-state index contributed by atoms with van der Waals surface area (Å²) in [5, 5.41) is 24.5. The van der Waals surface area contributed by atoms with Gasteiger partial charge in [-0.3, -0.25) is 9.59 Å². The molecule has 4 aromatic rings. The molecule has 45 heavy (non-hydrogen) atoms. The highest BCUT2D eigenvalue weighted by Crippen LogP contribution is 2.33. The maximum Gasteiger partial charge on any atom is 0.289 e. The minimum absolute atomic E-state index is 0.0531. The first-order valence-electron chi connectivity index (χ1n) is 14.5. The van der Waals surface area contributed by atoms with E-state index in [1.807, 2.05) is 54.6 Å².